The molecule has 0 unspecified atom stereocenters. The van der Waals surface area contributed by atoms with E-state index in [0.717, 1.165) is 0 Å². The molecular formula is C10H16F3N3O. The van der Waals surface area contributed by atoms with Crippen LogP contribution in [0, 0.1) is 11.3 Å². The Morgan fingerprint density at radius 2 is 1.94 bits per heavy atom. The summed E-state index contributed by atoms with van der Waals surface area (Å²) in [7, 11) is 0. The summed E-state index contributed by atoms with van der Waals surface area (Å²) in [4.78, 5) is 11.0. The van der Waals surface area contributed by atoms with Crippen molar-refractivity contribution in [2.45, 2.75) is 31.9 Å². The van der Waals surface area contributed by atoms with Crippen molar-refractivity contribution in [2.75, 3.05) is 19.6 Å². The van der Waals surface area contributed by atoms with Crippen LogP contribution >= 0.6 is 0 Å². The van der Waals surface area contributed by atoms with Crippen molar-refractivity contribution in [3.8, 4) is 6.07 Å². The van der Waals surface area contributed by atoms with Gasteiger partial charge in [0.05, 0.1) is 19.0 Å². The van der Waals surface area contributed by atoms with Gasteiger partial charge in [0.25, 0.3) is 0 Å². The number of alkyl halides is 3. The van der Waals surface area contributed by atoms with Crippen LogP contribution in [-0.4, -0.2) is 31.7 Å². The van der Waals surface area contributed by atoms with Crippen LogP contribution in [0.25, 0.3) is 0 Å². The number of nitrogens with zero attached hydrogens (tertiary/aromatic N) is 1. The van der Waals surface area contributed by atoms with Crippen molar-refractivity contribution in [1.29, 1.82) is 5.26 Å². The number of halogens is 3. The van der Waals surface area contributed by atoms with E-state index >= 15 is 0 Å². The molecule has 0 aliphatic carbocycles. The summed E-state index contributed by atoms with van der Waals surface area (Å²) in [5.41, 5.74) is 0. The van der Waals surface area contributed by atoms with E-state index in [2.05, 4.69) is 10.6 Å². The molecule has 98 valence electrons. The summed E-state index contributed by atoms with van der Waals surface area (Å²) >= 11 is 0. The highest BCUT2D eigenvalue weighted by atomic mass is 19.4. The molecular weight excluding hydrogens is 235 g/mol. The number of hydrogen-bond acceptors (Lipinski definition) is 3. The molecule has 0 aromatic rings. The fourth-order valence-electron chi connectivity index (χ4n) is 1.10. The quantitative estimate of drug-likeness (QED) is 0.640. The zero-order valence-electron chi connectivity index (χ0n) is 9.44. The summed E-state index contributed by atoms with van der Waals surface area (Å²) in [6, 6.07) is 1.88. The number of hydrogen-bond donors (Lipinski definition) is 2. The minimum absolute atomic E-state index is 0.0621. The van der Waals surface area contributed by atoms with Crippen LogP contribution in [0.5, 0.6) is 0 Å². The highest BCUT2D eigenvalue weighted by Gasteiger charge is 2.25. The average molecular weight is 251 g/mol. The van der Waals surface area contributed by atoms with Crippen LogP contribution in [-0.2, 0) is 4.79 Å². The van der Waals surface area contributed by atoms with Crippen LogP contribution < -0.4 is 10.6 Å². The Labute approximate surface area is 98.2 Å². The van der Waals surface area contributed by atoms with Gasteiger partial charge in [-0.25, -0.2) is 0 Å². The molecule has 4 nitrogen and oxygen atoms in total. The second-order valence-corrected chi connectivity index (χ2v) is 3.51. The Kier molecular flexibility index (Phi) is 8.15. The molecule has 0 spiro atoms. The van der Waals surface area contributed by atoms with Crippen LogP contribution in [0.4, 0.5) is 13.2 Å². The maximum absolute atomic E-state index is 11.8. The SMILES string of the molecule is N#CCCNC(=O)CNCCCCC(F)(F)F. The van der Waals surface area contributed by atoms with Gasteiger partial charge in [-0.15, -0.1) is 0 Å². The highest BCUT2D eigenvalue weighted by molar-refractivity contribution is 5.77. The van der Waals surface area contributed by atoms with Crippen molar-refractivity contribution in [2.24, 2.45) is 0 Å². The van der Waals surface area contributed by atoms with Crippen LogP contribution in [0.1, 0.15) is 25.7 Å². The van der Waals surface area contributed by atoms with Gasteiger partial charge >= 0.3 is 6.18 Å². The Bertz CT molecular complexity index is 261. The monoisotopic (exact) mass is 251 g/mol. The molecule has 0 aliphatic rings. The lowest BCUT2D eigenvalue weighted by molar-refractivity contribution is -0.135. The number of carbonyl (C=O) groups is 1. The maximum atomic E-state index is 11.8. The van der Waals surface area contributed by atoms with E-state index in [-0.39, 0.29) is 25.3 Å². The zero-order valence-corrected chi connectivity index (χ0v) is 9.44. The lowest BCUT2D eigenvalue weighted by Gasteiger charge is -2.07. The van der Waals surface area contributed by atoms with Gasteiger partial charge in [-0.3, -0.25) is 4.79 Å². The van der Waals surface area contributed by atoms with Gasteiger partial charge in [0, 0.05) is 13.0 Å². The minimum Gasteiger partial charge on any atom is -0.354 e. The first-order chi connectivity index (χ1) is 7.95. The lowest BCUT2D eigenvalue weighted by Crippen LogP contribution is -2.34. The summed E-state index contributed by atoms with van der Waals surface area (Å²) in [5.74, 6) is -0.254. The van der Waals surface area contributed by atoms with Gasteiger partial charge < -0.3 is 10.6 Å². The molecule has 0 atom stereocenters. The standard InChI is InChI=1S/C10H16F3N3O/c11-10(12,13)4-1-2-6-15-8-9(17)16-7-3-5-14/h15H,1-4,6-8H2,(H,16,17). The Balaban J connectivity index is 3.28. The molecule has 0 bridgehead atoms. The number of amides is 1. The van der Waals surface area contributed by atoms with E-state index in [1.807, 2.05) is 6.07 Å². The second kappa shape index (κ2) is 8.82. The van der Waals surface area contributed by atoms with Crippen LogP contribution in [0.2, 0.25) is 0 Å². The van der Waals surface area contributed by atoms with Crippen molar-refractivity contribution < 1.29 is 18.0 Å². The van der Waals surface area contributed by atoms with Gasteiger partial charge in [0.1, 0.15) is 0 Å². The molecule has 2 N–H and O–H groups in total. The van der Waals surface area contributed by atoms with E-state index in [9.17, 15) is 18.0 Å². The minimum atomic E-state index is -4.10. The third kappa shape index (κ3) is 12.6. The fourth-order valence-corrected chi connectivity index (χ4v) is 1.10. The molecule has 0 saturated carbocycles. The normalized spacial score (nSPS) is 10.9. The highest BCUT2D eigenvalue weighted by Crippen LogP contribution is 2.21. The molecule has 1 amide bonds. The maximum Gasteiger partial charge on any atom is 0.389 e. The summed E-state index contributed by atoms with van der Waals surface area (Å²) in [6.45, 7) is 0.740. The molecule has 0 aromatic carbocycles. The first-order valence-corrected chi connectivity index (χ1v) is 5.37. The van der Waals surface area contributed by atoms with Gasteiger partial charge in [0.2, 0.25) is 5.91 Å². The number of unbranched alkanes of at least 4 members (excludes halogenated alkanes) is 1. The van der Waals surface area contributed by atoms with Gasteiger partial charge in [-0.1, -0.05) is 0 Å². The Hall–Kier alpha value is -1.29. The predicted octanol–water partition coefficient (Wildman–Crippen LogP) is 1.34. The second-order valence-electron chi connectivity index (χ2n) is 3.51. The summed E-state index contributed by atoms with van der Waals surface area (Å²) in [5, 5.41) is 13.4. The average Bonchev–Trinajstić information content (AvgIpc) is 2.22. The first-order valence-electron chi connectivity index (χ1n) is 5.37. The molecule has 0 rings (SSSR count). The Morgan fingerprint density at radius 3 is 2.53 bits per heavy atom. The van der Waals surface area contributed by atoms with Crippen LogP contribution in [0.3, 0.4) is 0 Å². The lowest BCUT2D eigenvalue weighted by atomic mass is 10.2. The first kappa shape index (κ1) is 15.7. The van der Waals surface area contributed by atoms with Gasteiger partial charge in [-0.05, 0) is 19.4 Å². The van der Waals surface area contributed by atoms with E-state index in [4.69, 9.17) is 5.26 Å². The van der Waals surface area contributed by atoms with Crippen molar-refractivity contribution in [3.63, 3.8) is 0 Å². The van der Waals surface area contributed by atoms with Gasteiger partial charge in [0.15, 0.2) is 0 Å². The van der Waals surface area contributed by atoms with Crippen molar-refractivity contribution in [1.82, 2.24) is 10.6 Å². The molecule has 17 heavy (non-hydrogen) atoms. The van der Waals surface area contributed by atoms with E-state index in [1.54, 1.807) is 0 Å². The largest absolute Gasteiger partial charge is 0.389 e. The topological polar surface area (TPSA) is 64.9 Å². The molecule has 0 heterocycles. The molecule has 0 saturated heterocycles. The number of nitrogens with one attached hydrogen (secondary N) is 2. The molecule has 0 fully saturated rings. The van der Waals surface area contributed by atoms with Crippen molar-refractivity contribution >= 4 is 5.91 Å². The fraction of sp³-hybridized carbons (Fsp3) is 0.800. The predicted molar refractivity (Wildman–Crippen MR) is 56.0 cm³/mol. The third-order valence-electron chi connectivity index (χ3n) is 1.91. The van der Waals surface area contributed by atoms with E-state index in [0.29, 0.717) is 19.5 Å². The molecule has 7 heteroatoms. The van der Waals surface area contributed by atoms with Crippen molar-refractivity contribution in [3.05, 3.63) is 0 Å². The zero-order chi connectivity index (χ0) is 13.1. The van der Waals surface area contributed by atoms with E-state index < -0.39 is 12.6 Å². The number of carbonyl (C=O) groups excluding carboxylic acids is 1. The van der Waals surface area contributed by atoms with Gasteiger partial charge in [-0.2, -0.15) is 18.4 Å². The smallest absolute Gasteiger partial charge is 0.354 e. The molecule has 0 aliphatic heterocycles. The molecule has 0 aromatic heterocycles. The third-order valence-corrected chi connectivity index (χ3v) is 1.91. The number of nitriles is 1. The summed E-state index contributed by atoms with van der Waals surface area (Å²) in [6.07, 6.45) is -4.20. The number of rotatable bonds is 8. The van der Waals surface area contributed by atoms with Crippen LogP contribution in [0.15, 0.2) is 0 Å². The van der Waals surface area contributed by atoms with E-state index in [1.165, 1.54) is 0 Å². The molecule has 0 radical (unpaired) electrons. The summed E-state index contributed by atoms with van der Waals surface area (Å²) < 4.78 is 35.3. The Morgan fingerprint density at radius 1 is 1.24 bits per heavy atom.